The average Bonchev–Trinajstić information content (AvgIpc) is 3.90. The van der Waals surface area contributed by atoms with Gasteiger partial charge in [0.25, 0.3) is 0 Å². The van der Waals surface area contributed by atoms with Gasteiger partial charge in [-0.25, -0.2) is 0 Å². The standard InChI is InChI=1S/C71H49N/c1-70(51-24-8-3-9-25-51)66-36-20-34-58(48-21-6-2-7-22-48)69(66)63-44-42-55(46-67(63)70)72(54-39-37-49(38-40-54)64-45-50-23-14-15-30-57(50)59-31-16-17-32-60(59)64)56-41-43-62-61-33-18-19-35-65(61)71(68(62)47-56,52-26-10-4-11-27-52)53-28-12-5-13-29-53/h2-47H,1H3. The molecule has 0 amide bonds. The van der Waals surface area contributed by atoms with Gasteiger partial charge in [0.2, 0.25) is 0 Å². The summed E-state index contributed by atoms with van der Waals surface area (Å²) in [6.45, 7) is 2.43. The third-order valence-electron chi connectivity index (χ3n) is 16.0. The molecule has 0 aliphatic heterocycles. The molecule has 12 aromatic rings. The third kappa shape index (κ3) is 6.20. The lowest BCUT2D eigenvalue weighted by molar-refractivity contribution is 0.714. The summed E-state index contributed by atoms with van der Waals surface area (Å²) in [6.07, 6.45) is 0. The van der Waals surface area contributed by atoms with Gasteiger partial charge < -0.3 is 4.90 Å². The van der Waals surface area contributed by atoms with Crippen LogP contribution in [0.15, 0.2) is 279 Å². The van der Waals surface area contributed by atoms with Crippen LogP contribution in [0.3, 0.4) is 0 Å². The predicted octanol–water partition coefficient (Wildman–Crippen LogP) is 18.5. The summed E-state index contributed by atoms with van der Waals surface area (Å²) < 4.78 is 0. The van der Waals surface area contributed by atoms with E-state index in [-0.39, 0.29) is 0 Å². The van der Waals surface area contributed by atoms with Gasteiger partial charge in [-0.1, -0.05) is 237 Å². The number of nitrogens with zero attached hydrogens (tertiary/aromatic N) is 1. The van der Waals surface area contributed by atoms with Crippen molar-refractivity contribution in [1.82, 2.24) is 0 Å². The van der Waals surface area contributed by atoms with E-state index in [1.165, 1.54) is 105 Å². The van der Waals surface area contributed by atoms with Crippen LogP contribution < -0.4 is 4.90 Å². The first kappa shape index (κ1) is 41.9. The highest BCUT2D eigenvalue weighted by Gasteiger charge is 2.47. The van der Waals surface area contributed by atoms with Gasteiger partial charge in [-0.15, -0.1) is 0 Å². The summed E-state index contributed by atoms with van der Waals surface area (Å²) in [6, 6.07) is 104. The molecule has 2 aliphatic rings. The molecular formula is C71H49N. The Morgan fingerprint density at radius 2 is 0.764 bits per heavy atom. The molecule has 0 saturated carbocycles. The van der Waals surface area contributed by atoms with Gasteiger partial charge in [-0.05, 0) is 154 Å². The van der Waals surface area contributed by atoms with Crippen LogP contribution in [0.4, 0.5) is 17.1 Å². The Morgan fingerprint density at radius 1 is 0.278 bits per heavy atom. The summed E-state index contributed by atoms with van der Waals surface area (Å²) in [5.74, 6) is 0. The summed E-state index contributed by atoms with van der Waals surface area (Å²) in [4.78, 5) is 2.50. The zero-order valence-corrected chi connectivity index (χ0v) is 40.0. The fourth-order valence-corrected chi connectivity index (χ4v) is 12.7. The summed E-state index contributed by atoms with van der Waals surface area (Å²) >= 11 is 0. The Kier molecular flexibility index (Phi) is 9.63. The molecule has 1 heteroatoms. The number of hydrogen-bond acceptors (Lipinski definition) is 1. The van der Waals surface area contributed by atoms with Crippen molar-refractivity contribution in [3.05, 3.63) is 318 Å². The van der Waals surface area contributed by atoms with E-state index >= 15 is 0 Å². The number of fused-ring (bicyclic) bond motifs is 9. The van der Waals surface area contributed by atoms with E-state index in [4.69, 9.17) is 0 Å². The molecular weight excluding hydrogens is 867 g/mol. The maximum atomic E-state index is 2.50. The molecule has 0 spiro atoms. The van der Waals surface area contributed by atoms with Crippen molar-refractivity contribution >= 4 is 38.6 Å². The molecule has 1 atom stereocenters. The number of hydrogen-bond donors (Lipinski definition) is 0. The fraction of sp³-hybridized carbons (Fsp3) is 0.0423. The van der Waals surface area contributed by atoms with Gasteiger partial charge >= 0.3 is 0 Å². The van der Waals surface area contributed by atoms with Crippen LogP contribution in [0.25, 0.3) is 66.1 Å². The molecule has 338 valence electrons. The SMILES string of the molecule is CC1(c2ccccc2)c2cc(N(c3ccc(-c4cc5ccccc5c5ccccc45)cc3)c3ccc4c(c3)C(c3ccccc3)(c3ccccc3)c3ccccc3-4)ccc2-c2c(-c3ccccc3)cccc21. The number of benzene rings is 12. The van der Waals surface area contributed by atoms with Crippen molar-refractivity contribution in [2.24, 2.45) is 0 Å². The first-order chi connectivity index (χ1) is 35.6. The van der Waals surface area contributed by atoms with E-state index < -0.39 is 10.8 Å². The van der Waals surface area contributed by atoms with Gasteiger partial charge in [0.05, 0.1) is 5.41 Å². The van der Waals surface area contributed by atoms with E-state index in [1.54, 1.807) is 0 Å². The van der Waals surface area contributed by atoms with Crippen molar-refractivity contribution in [2.45, 2.75) is 17.8 Å². The predicted molar refractivity (Wildman–Crippen MR) is 302 cm³/mol. The Bertz CT molecular complexity index is 3990. The van der Waals surface area contributed by atoms with Crippen molar-refractivity contribution in [3.8, 4) is 44.5 Å². The fourth-order valence-electron chi connectivity index (χ4n) is 12.7. The average molecular weight is 916 g/mol. The van der Waals surface area contributed by atoms with Crippen LogP contribution in [0.5, 0.6) is 0 Å². The van der Waals surface area contributed by atoms with E-state index in [2.05, 4.69) is 291 Å². The van der Waals surface area contributed by atoms with E-state index in [9.17, 15) is 0 Å². The minimum atomic E-state index is -0.545. The van der Waals surface area contributed by atoms with Crippen LogP contribution in [-0.4, -0.2) is 0 Å². The van der Waals surface area contributed by atoms with Crippen LogP contribution in [0.1, 0.15) is 45.9 Å². The molecule has 0 radical (unpaired) electrons. The van der Waals surface area contributed by atoms with E-state index in [0.29, 0.717) is 0 Å². The normalized spacial score (nSPS) is 14.9. The highest BCUT2D eigenvalue weighted by Crippen LogP contribution is 2.59. The molecule has 0 N–H and O–H groups in total. The maximum absolute atomic E-state index is 2.50. The quantitative estimate of drug-likeness (QED) is 0.137. The largest absolute Gasteiger partial charge is 0.310 e. The Hall–Kier alpha value is -9.04. The zero-order chi connectivity index (χ0) is 47.8. The van der Waals surface area contributed by atoms with Crippen molar-refractivity contribution < 1.29 is 0 Å². The maximum Gasteiger partial charge on any atom is 0.0714 e. The number of rotatable bonds is 8. The zero-order valence-electron chi connectivity index (χ0n) is 40.0. The third-order valence-corrected chi connectivity index (χ3v) is 16.0. The summed E-state index contributed by atoms with van der Waals surface area (Å²) in [7, 11) is 0. The van der Waals surface area contributed by atoms with Crippen molar-refractivity contribution in [3.63, 3.8) is 0 Å². The Morgan fingerprint density at radius 3 is 1.46 bits per heavy atom. The second kappa shape index (κ2) is 16.5. The minimum Gasteiger partial charge on any atom is -0.310 e. The molecule has 0 bridgehead atoms. The monoisotopic (exact) mass is 915 g/mol. The molecule has 1 nitrogen and oxygen atoms in total. The van der Waals surface area contributed by atoms with Gasteiger partial charge in [0.15, 0.2) is 0 Å². The van der Waals surface area contributed by atoms with Gasteiger partial charge in [0.1, 0.15) is 0 Å². The van der Waals surface area contributed by atoms with Crippen LogP contribution >= 0.6 is 0 Å². The second-order valence-electron chi connectivity index (χ2n) is 19.6. The van der Waals surface area contributed by atoms with E-state index in [0.717, 1.165) is 17.1 Å². The molecule has 14 rings (SSSR count). The van der Waals surface area contributed by atoms with Crippen LogP contribution in [0, 0.1) is 0 Å². The first-order valence-electron chi connectivity index (χ1n) is 25.2. The van der Waals surface area contributed by atoms with Gasteiger partial charge in [-0.2, -0.15) is 0 Å². The first-order valence-corrected chi connectivity index (χ1v) is 25.2. The van der Waals surface area contributed by atoms with E-state index in [1.807, 2.05) is 0 Å². The molecule has 0 fully saturated rings. The lowest BCUT2D eigenvalue weighted by Crippen LogP contribution is -2.28. The van der Waals surface area contributed by atoms with Crippen LogP contribution in [-0.2, 0) is 10.8 Å². The minimum absolute atomic E-state index is 0.422. The smallest absolute Gasteiger partial charge is 0.0714 e. The molecule has 0 saturated heterocycles. The molecule has 0 heterocycles. The van der Waals surface area contributed by atoms with Gasteiger partial charge in [0, 0.05) is 22.5 Å². The Balaban J connectivity index is 1.01. The molecule has 0 aromatic heterocycles. The highest BCUT2D eigenvalue weighted by molar-refractivity contribution is 6.14. The van der Waals surface area contributed by atoms with Crippen molar-refractivity contribution in [2.75, 3.05) is 4.90 Å². The lowest BCUT2D eigenvalue weighted by Gasteiger charge is -2.35. The van der Waals surface area contributed by atoms with Crippen molar-refractivity contribution in [1.29, 1.82) is 0 Å². The summed E-state index contributed by atoms with van der Waals surface area (Å²) in [5.41, 5.74) is 21.3. The summed E-state index contributed by atoms with van der Waals surface area (Å²) in [5, 5.41) is 5.04. The molecule has 1 unspecified atom stereocenters. The van der Waals surface area contributed by atoms with Gasteiger partial charge in [-0.3, -0.25) is 0 Å². The molecule has 72 heavy (non-hydrogen) atoms. The lowest BCUT2D eigenvalue weighted by atomic mass is 9.67. The number of anilines is 3. The molecule has 2 aliphatic carbocycles. The topological polar surface area (TPSA) is 3.24 Å². The molecule has 12 aromatic carbocycles. The second-order valence-corrected chi connectivity index (χ2v) is 19.6. The highest BCUT2D eigenvalue weighted by atomic mass is 15.1. The van der Waals surface area contributed by atoms with Crippen LogP contribution in [0.2, 0.25) is 0 Å². The Labute approximate surface area is 421 Å².